The van der Waals surface area contributed by atoms with E-state index in [9.17, 15) is 0 Å². The van der Waals surface area contributed by atoms with Crippen LogP contribution in [0.25, 0.3) is 0 Å². The standard InChI is InChI=1S/3C11H22.6C10H20O.2CH4/c3*1-8(2)10-6-5-7-11(10)9(3)4;3*1-7(2)9-5-11-6-10(9)8(3)4;3*1-7(2)9-5-6-11-10(9)8(3)4;;/h3*8-11H,5-7H2,1-4H3;6*7-10H,5-6H2,1-4H3;2*1H4/t2*10-,11+;10-,11-;2*9-,10+;9-,10-;2*9-,10+;;;/m..0..010.../s1. The first-order chi connectivity index (χ1) is 46.1. The van der Waals surface area contributed by atoms with E-state index in [0.717, 1.165) is 237 Å². The largest absolute Gasteiger partial charge is 0.381 e. The quantitative estimate of drug-likeness (QED) is 0.136. The van der Waals surface area contributed by atoms with Gasteiger partial charge in [-0.3, -0.25) is 0 Å². The molecule has 0 aromatic carbocycles. The van der Waals surface area contributed by atoms with Gasteiger partial charge in [0.05, 0.1) is 18.3 Å². The van der Waals surface area contributed by atoms with E-state index in [2.05, 4.69) is 249 Å². The normalized spacial score (nSPS) is 31.5. The SMILES string of the molecule is C.C.CC(C)C1CCOC1C(C)C.CC(C)[C@@H]1CCC[C@H]1C(C)C.CC(C)[C@@H]1COC[C@H]1C(C)C.CC(C)[C@H]1CCC[C@H]1C(C)C.CC(C)[C@H]1CCC[C@H]1C(C)C.CC(C)[C@H]1CCO[C@H]1C(C)C.CC(C)[C@H]1COC[C@H]1C(C)C.CC(C)[C@H]1COC[C@H]1C(C)C.CC(C)[C@H]1OCC[C@H]1C(C)C. The molecule has 0 N–H and O–H groups in total. The van der Waals surface area contributed by atoms with Crippen LogP contribution in [0, 0.1) is 195 Å². The van der Waals surface area contributed by atoms with Crippen molar-refractivity contribution in [3.63, 3.8) is 0 Å². The molecule has 0 aromatic rings. The van der Waals surface area contributed by atoms with Crippen molar-refractivity contribution in [1.82, 2.24) is 0 Å². The summed E-state index contributed by atoms with van der Waals surface area (Å²) in [6.45, 7) is 92.4. The molecule has 6 aliphatic heterocycles. The first-order valence-electron chi connectivity index (χ1n) is 43.7. The van der Waals surface area contributed by atoms with Crippen LogP contribution in [0.15, 0.2) is 0 Å². The van der Waals surface area contributed by atoms with E-state index in [-0.39, 0.29) is 14.9 Å². The van der Waals surface area contributed by atoms with Crippen LogP contribution in [-0.4, -0.2) is 77.8 Å². The molecule has 0 aromatic heterocycles. The second kappa shape index (κ2) is 53.6. The third kappa shape index (κ3) is 36.4. The lowest BCUT2D eigenvalue weighted by Gasteiger charge is -2.26. The number of hydrogen-bond acceptors (Lipinski definition) is 6. The highest BCUT2D eigenvalue weighted by Gasteiger charge is 2.39. The molecule has 9 aliphatic rings. The van der Waals surface area contributed by atoms with Crippen molar-refractivity contribution in [3.8, 4) is 0 Å². The van der Waals surface area contributed by atoms with E-state index in [1.54, 1.807) is 0 Å². The topological polar surface area (TPSA) is 55.4 Å². The summed E-state index contributed by atoms with van der Waals surface area (Å²) < 4.78 is 33.5. The van der Waals surface area contributed by atoms with E-state index in [1.165, 1.54) is 77.0 Å². The highest BCUT2D eigenvalue weighted by molar-refractivity contribution is 4.87. The fourth-order valence-corrected chi connectivity index (χ4v) is 20.0. The molecule has 3 saturated carbocycles. The van der Waals surface area contributed by atoms with Gasteiger partial charge in [0, 0.05) is 59.5 Å². The van der Waals surface area contributed by atoms with Crippen molar-refractivity contribution < 1.29 is 28.4 Å². The van der Waals surface area contributed by atoms with Crippen LogP contribution in [0.2, 0.25) is 0 Å². The third-order valence-electron chi connectivity index (χ3n) is 26.8. The van der Waals surface area contributed by atoms with Gasteiger partial charge in [0.1, 0.15) is 0 Å². The fourth-order valence-electron chi connectivity index (χ4n) is 20.0. The van der Waals surface area contributed by atoms with Gasteiger partial charge in [0.2, 0.25) is 0 Å². The Labute approximate surface area is 639 Å². The predicted molar refractivity (Wildman–Crippen MR) is 450 cm³/mol. The Kier molecular flexibility index (Phi) is 54.5. The molecule has 0 bridgehead atoms. The zero-order valence-corrected chi connectivity index (χ0v) is 74.1. The summed E-state index contributed by atoms with van der Waals surface area (Å²) in [6.07, 6.45) is 18.7. The minimum absolute atomic E-state index is 0. The molecule has 6 heteroatoms. The molecule has 18 atom stereocenters. The highest BCUT2D eigenvalue weighted by atomic mass is 16.5. The molecule has 9 rings (SSSR count). The highest BCUT2D eigenvalue weighted by Crippen LogP contribution is 2.44. The second-order valence-corrected chi connectivity index (χ2v) is 40.1. The van der Waals surface area contributed by atoms with Gasteiger partial charge in [0.25, 0.3) is 0 Å². The fraction of sp³-hybridized carbons (Fsp3) is 1.00. The Morgan fingerprint density at radius 3 is 0.386 bits per heavy atom. The monoisotopic (exact) mass is 1430 g/mol. The average molecular weight is 1430 g/mol. The molecule has 9 fully saturated rings. The Balaban J connectivity index is 0. The van der Waals surface area contributed by atoms with Crippen LogP contribution in [0.1, 0.15) is 341 Å². The van der Waals surface area contributed by atoms with Gasteiger partial charge in [-0.25, -0.2) is 0 Å². The predicted octanol–water partition coefficient (Wildman–Crippen LogP) is 28.2. The van der Waals surface area contributed by atoms with Crippen LogP contribution in [0.4, 0.5) is 0 Å². The van der Waals surface area contributed by atoms with Crippen molar-refractivity contribution >= 4 is 0 Å². The Morgan fingerprint density at radius 1 is 0.158 bits per heavy atom. The minimum atomic E-state index is 0. The maximum atomic E-state index is 5.69. The van der Waals surface area contributed by atoms with Crippen LogP contribution in [0.5, 0.6) is 0 Å². The van der Waals surface area contributed by atoms with Gasteiger partial charge < -0.3 is 28.4 Å². The van der Waals surface area contributed by atoms with Crippen LogP contribution >= 0.6 is 0 Å². The van der Waals surface area contributed by atoms with E-state index >= 15 is 0 Å². The van der Waals surface area contributed by atoms with Gasteiger partial charge in [-0.05, 0) is 253 Å². The lowest BCUT2D eigenvalue weighted by Crippen LogP contribution is -2.25. The van der Waals surface area contributed by atoms with E-state index in [1.807, 2.05) is 0 Å². The number of rotatable bonds is 18. The maximum absolute atomic E-state index is 5.69. The Hall–Kier alpha value is -0.240. The van der Waals surface area contributed by atoms with Crippen molar-refractivity contribution in [1.29, 1.82) is 0 Å². The molecule has 6 nitrogen and oxygen atoms in total. The lowest BCUT2D eigenvalue weighted by molar-refractivity contribution is 0.0434. The molecule has 6 saturated heterocycles. The first-order valence-corrected chi connectivity index (χ1v) is 43.7. The van der Waals surface area contributed by atoms with Crippen molar-refractivity contribution in [2.75, 3.05) is 59.5 Å². The Morgan fingerprint density at radius 2 is 0.287 bits per heavy atom. The van der Waals surface area contributed by atoms with Gasteiger partial charge in [0.15, 0.2) is 0 Å². The number of ether oxygens (including phenoxy) is 6. The minimum Gasteiger partial charge on any atom is -0.381 e. The molecule has 610 valence electrons. The molecule has 0 amide bonds. The molecule has 2 unspecified atom stereocenters. The zero-order chi connectivity index (χ0) is 75.9. The summed E-state index contributed by atoms with van der Waals surface area (Å²) in [5.41, 5.74) is 0. The molecule has 101 heavy (non-hydrogen) atoms. The lowest BCUT2D eigenvalue weighted by atomic mass is 9.80. The summed E-state index contributed by atoms with van der Waals surface area (Å²) in [4.78, 5) is 0. The maximum Gasteiger partial charge on any atom is 0.0629 e. The average Bonchev–Trinajstić information content (AvgIpc) is 1.88. The Bertz CT molecular complexity index is 1350. The molecule has 0 spiro atoms. The smallest absolute Gasteiger partial charge is 0.0629 e. The van der Waals surface area contributed by atoms with Crippen LogP contribution in [-0.2, 0) is 28.4 Å². The van der Waals surface area contributed by atoms with Gasteiger partial charge in [-0.15, -0.1) is 0 Å². The van der Waals surface area contributed by atoms with Crippen molar-refractivity contribution in [2.24, 2.45) is 195 Å². The summed E-state index contributed by atoms with van der Waals surface area (Å²) >= 11 is 0. The molecular weight excluding hydrogens is 1240 g/mol. The van der Waals surface area contributed by atoms with Gasteiger partial charge >= 0.3 is 0 Å². The number of hydrogen-bond donors (Lipinski definition) is 0. The molecular formula is C95H194O6. The second-order valence-electron chi connectivity index (χ2n) is 40.1. The summed E-state index contributed by atoms with van der Waals surface area (Å²) in [7, 11) is 0. The molecule has 3 aliphatic carbocycles. The van der Waals surface area contributed by atoms with E-state index < -0.39 is 0 Å². The van der Waals surface area contributed by atoms with Crippen molar-refractivity contribution in [2.45, 2.75) is 359 Å². The van der Waals surface area contributed by atoms with Crippen LogP contribution < -0.4 is 0 Å². The summed E-state index contributed by atoms with van der Waals surface area (Å²) in [6, 6.07) is 0. The summed E-state index contributed by atoms with van der Waals surface area (Å²) in [5, 5.41) is 0. The third-order valence-corrected chi connectivity index (χ3v) is 26.8. The van der Waals surface area contributed by atoms with Crippen molar-refractivity contribution in [3.05, 3.63) is 0 Å². The van der Waals surface area contributed by atoms with E-state index in [0.29, 0.717) is 36.1 Å². The van der Waals surface area contributed by atoms with Crippen LogP contribution in [0.3, 0.4) is 0 Å². The summed E-state index contributed by atoms with van der Waals surface area (Å²) in [5.74, 6) is 27.9. The van der Waals surface area contributed by atoms with Gasteiger partial charge in [-0.2, -0.15) is 0 Å². The van der Waals surface area contributed by atoms with Gasteiger partial charge in [-0.1, -0.05) is 283 Å². The van der Waals surface area contributed by atoms with E-state index in [4.69, 9.17) is 28.4 Å². The zero-order valence-electron chi connectivity index (χ0n) is 74.1. The molecule has 6 heterocycles. The first kappa shape index (κ1) is 103. The molecule has 0 radical (unpaired) electrons.